The van der Waals surface area contributed by atoms with Gasteiger partial charge in [0.2, 0.25) is 0 Å². The van der Waals surface area contributed by atoms with Crippen molar-refractivity contribution in [1.82, 2.24) is 4.90 Å². The summed E-state index contributed by atoms with van der Waals surface area (Å²) in [5.41, 5.74) is 0. The lowest BCUT2D eigenvalue weighted by Crippen LogP contribution is -2.44. The summed E-state index contributed by atoms with van der Waals surface area (Å²) in [6, 6.07) is 4.12. The third kappa shape index (κ3) is 3.56. The van der Waals surface area contributed by atoms with Crippen LogP contribution in [0.1, 0.15) is 31.1 Å². The fraction of sp³-hybridized carbons (Fsp3) is 0.615. The molecule has 0 amide bonds. The van der Waals surface area contributed by atoms with Crippen molar-refractivity contribution in [1.29, 1.82) is 0 Å². The summed E-state index contributed by atoms with van der Waals surface area (Å²) in [6.07, 6.45) is 3.21. The maximum absolute atomic E-state index is 11.9. The summed E-state index contributed by atoms with van der Waals surface area (Å²) >= 11 is 5.21. The normalized spacial score (nSPS) is 20.9. The molecule has 100 valence electrons. The van der Waals surface area contributed by atoms with Gasteiger partial charge in [-0.1, -0.05) is 6.42 Å². The first-order valence-corrected chi connectivity index (χ1v) is 7.96. The number of esters is 1. The quantitative estimate of drug-likeness (QED) is 0.791. The van der Waals surface area contributed by atoms with E-state index in [1.165, 1.54) is 11.3 Å². The molecule has 0 spiro atoms. The highest BCUT2D eigenvalue weighted by atomic mass is 79.9. The highest BCUT2D eigenvalue weighted by molar-refractivity contribution is 9.11. The average Bonchev–Trinajstić information content (AvgIpc) is 2.76. The third-order valence-electron chi connectivity index (χ3n) is 3.16. The second-order valence-electron chi connectivity index (χ2n) is 4.44. The molecule has 3 nitrogen and oxygen atoms in total. The van der Waals surface area contributed by atoms with Gasteiger partial charge in [-0.15, -0.1) is 11.3 Å². The molecule has 2 rings (SSSR count). The van der Waals surface area contributed by atoms with Crippen LogP contribution in [-0.2, 0) is 16.1 Å². The van der Waals surface area contributed by atoms with Gasteiger partial charge in [-0.25, -0.2) is 0 Å². The number of hydrogen-bond donors (Lipinski definition) is 0. The van der Waals surface area contributed by atoms with E-state index in [2.05, 4.69) is 33.0 Å². The Kier molecular flexibility index (Phi) is 5.21. The van der Waals surface area contributed by atoms with E-state index in [1.54, 1.807) is 11.3 Å². The maximum atomic E-state index is 11.9. The molecule has 1 atom stereocenters. The molecular weight excluding hydrogens is 314 g/mol. The van der Waals surface area contributed by atoms with Crippen LogP contribution in [0.25, 0.3) is 0 Å². The second-order valence-corrected chi connectivity index (χ2v) is 6.99. The number of thiophene rings is 1. The van der Waals surface area contributed by atoms with E-state index < -0.39 is 0 Å². The van der Waals surface area contributed by atoms with Crippen LogP contribution in [0.3, 0.4) is 0 Å². The minimum Gasteiger partial charge on any atom is -0.465 e. The van der Waals surface area contributed by atoms with E-state index in [4.69, 9.17) is 4.74 Å². The first kappa shape index (κ1) is 14.0. The number of halogens is 1. The number of rotatable bonds is 4. The van der Waals surface area contributed by atoms with Crippen LogP contribution in [0.5, 0.6) is 0 Å². The van der Waals surface area contributed by atoms with E-state index in [9.17, 15) is 4.79 Å². The average molecular weight is 332 g/mol. The minimum atomic E-state index is -0.0622. The van der Waals surface area contributed by atoms with E-state index in [0.717, 1.165) is 29.7 Å². The largest absolute Gasteiger partial charge is 0.465 e. The lowest BCUT2D eigenvalue weighted by atomic mass is 10.0. The van der Waals surface area contributed by atoms with Gasteiger partial charge in [0.05, 0.1) is 10.4 Å². The highest BCUT2D eigenvalue weighted by Gasteiger charge is 2.29. The van der Waals surface area contributed by atoms with Crippen molar-refractivity contribution in [2.75, 3.05) is 13.2 Å². The van der Waals surface area contributed by atoms with Crippen molar-refractivity contribution in [3.8, 4) is 0 Å². The summed E-state index contributed by atoms with van der Waals surface area (Å²) in [5.74, 6) is -0.0622. The van der Waals surface area contributed by atoms with Gasteiger partial charge in [0.1, 0.15) is 6.04 Å². The molecule has 0 aromatic carbocycles. The van der Waals surface area contributed by atoms with Crippen LogP contribution < -0.4 is 0 Å². The molecule has 0 bridgehead atoms. The second kappa shape index (κ2) is 6.68. The zero-order valence-electron chi connectivity index (χ0n) is 10.5. The summed E-state index contributed by atoms with van der Waals surface area (Å²) in [7, 11) is 0. The van der Waals surface area contributed by atoms with E-state index >= 15 is 0 Å². The van der Waals surface area contributed by atoms with E-state index in [0.29, 0.717) is 6.61 Å². The fourth-order valence-corrected chi connectivity index (χ4v) is 3.83. The Labute approximate surface area is 120 Å². The molecule has 1 aromatic rings. The molecule has 18 heavy (non-hydrogen) atoms. The Balaban J connectivity index is 2.01. The summed E-state index contributed by atoms with van der Waals surface area (Å²) < 4.78 is 6.31. The van der Waals surface area contributed by atoms with Gasteiger partial charge >= 0.3 is 5.97 Å². The van der Waals surface area contributed by atoms with Crippen molar-refractivity contribution in [3.63, 3.8) is 0 Å². The van der Waals surface area contributed by atoms with E-state index in [-0.39, 0.29) is 12.0 Å². The van der Waals surface area contributed by atoms with Crippen molar-refractivity contribution in [2.24, 2.45) is 0 Å². The van der Waals surface area contributed by atoms with Crippen LogP contribution in [0, 0.1) is 0 Å². The van der Waals surface area contributed by atoms with Gasteiger partial charge in [-0.2, -0.15) is 0 Å². The van der Waals surface area contributed by atoms with Gasteiger partial charge in [-0.3, -0.25) is 9.69 Å². The van der Waals surface area contributed by atoms with Crippen LogP contribution in [-0.4, -0.2) is 30.1 Å². The molecule has 0 aliphatic carbocycles. The smallest absolute Gasteiger partial charge is 0.323 e. The van der Waals surface area contributed by atoms with Crippen LogP contribution in [0.15, 0.2) is 15.9 Å². The molecule has 1 aliphatic rings. The molecule has 2 heterocycles. The predicted molar refractivity (Wildman–Crippen MR) is 76.7 cm³/mol. The number of nitrogens with zero attached hydrogens (tertiary/aromatic N) is 1. The van der Waals surface area contributed by atoms with Crippen molar-refractivity contribution in [2.45, 2.75) is 38.8 Å². The summed E-state index contributed by atoms with van der Waals surface area (Å²) in [4.78, 5) is 15.5. The molecule has 1 aromatic heterocycles. The Hall–Kier alpha value is -0.390. The number of ether oxygens (including phenoxy) is 1. The van der Waals surface area contributed by atoms with Gasteiger partial charge in [0.25, 0.3) is 0 Å². The molecule has 1 fully saturated rings. The fourth-order valence-electron chi connectivity index (χ4n) is 2.32. The number of carbonyl (C=O) groups is 1. The lowest BCUT2D eigenvalue weighted by molar-refractivity contribution is -0.151. The monoisotopic (exact) mass is 331 g/mol. The molecule has 0 unspecified atom stereocenters. The van der Waals surface area contributed by atoms with E-state index in [1.807, 2.05) is 6.92 Å². The van der Waals surface area contributed by atoms with Crippen molar-refractivity contribution in [3.05, 3.63) is 20.8 Å². The van der Waals surface area contributed by atoms with Crippen LogP contribution in [0.2, 0.25) is 0 Å². The SMILES string of the molecule is CCOC(=O)[C@H]1CCCCN1Cc1ccc(Br)s1. The Morgan fingerprint density at radius 3 is 3.06 bits per heavy atom. The predicted octanol–water partition coefficient (Wildman–Crippen LogP) is 3.43. The standard InChI is InChI=1S/C13H18BrNO2S/c1-2-17-13(16)11-5-3-4-8-15(11)9-10-6-7-12(14)18-10/h6-7,11H,2-5,8-9H2,1H3/t11-/m1/s1. The van der Waals surface area contributed by atoms with Gasteiger partial charge in [0.15, 0.2) is 0 Å². The highest BCUT2D eigenvalue weighted by Crippen LogP contribution is 2.26. The minimum absolute atomic E-state index is 0.0559. The van der Waals surface area contributed by atoms with Crippen molar-refractivity contribution < 1.29 is 9.53 Å². The molecular formula is C13H18BrNO2S. The van der Waals surface area contributed by atoms with Gasteiger partial charge in [0, 0.05) is 11.4 Å². The molecule has 1 aliphatic heterocycles. The topological polar surface area (TPSA) is 29.5 Å². The lowest BCUT2D eigenvalue weighted by Gasteiger charge is -2.33. The molecule has 0 N–H and O–H groups in total. The Bertz CT molecular complexity index is 407. The molecule has 0 saturated carbocycles. The summed E-state index contributed by atoms with van der Waals surface area (Å²) in [6.45, 7) is 4.16. The zero-order valence-corrected chi connectivity index (χ0v) is 12.9. The Morgan fingerprint density at radius 2 is 2.39 bits per heavy atom. The number of piperidine rings is 1. The van der Waals surface area contributed by atoms with Crippen molar-refractivity contribution >= 4 is 33.2 Å². The molecule has 0 radical (unpaired) electrons. The number of hydrogen-bond acceptors (Lipinski definition) is 4. The number of carbonyl (C=O) groups excluding carboxylic acids is 1. The molecule has 1 saturated heterocycles. The van der Waals surface area contributed by atoms with Gasteiger partial charge in [-0.05, 0) is 54.4 Å². The Morgan fingerprint density at radius 1 is 1.56 bits per heavy atom. The molecule has 5 heteroatoms. The maximum Gasteiger partial charge on any atom is 0.323 e. The first-order valence-electron chi connectivity index (χ1n) is 6.35. The van der Waals surface area contributed by atoms with Gasteiger partial charge < -0.3 is 4.74 Å². The third-order valence-corrected chi connectivity index (χ3v) is 4.77. The van der Waals surface area contributed by atoms with Crippen LogP contribution in [0.4, 0.5) is 0 Å². The zero-order chi connectivity index (χ0) is 13.0. The number of likely N-dealkylation sites (tertiary alicyclic amines) is 1. The summed E-state index contributed by atoms with van der Waals surface area (Å²) in [5, 5.41) is 0. The first-order chi connectivity index (χ1) is 8.70. The van der Waals surface area contributed by atoms with Crippen LogP contribution >= 0.6 is 27.3 Å².